The minimum Gasteiger partial charge on any atom is -0.461 e. The van der Waals surface area contributed by atoms with E-state index in [-0.39, 0.29) is 0 Å². The number of piperidine rings is 1. The third-order valence-electron chi connectivity index (χ3n) is 3.37. The molecule has 2 heterocycles. The van der Waals surface area contributed by atoms with Crippen LogP contribution in [0.5, 0.6) is 0 Å². The van der Waals surface area contributed by atoms with Gasteiger partial charge < -0.3 is 9.73 Å². The molecule has 1 aromatic heterocycles. The summed E-state index contributed by atoms with van der Waals surface area (Å²) in [5, 5.41) is 4.67. The highest BCUT2D eigenvalue weighted by atomic mass is 16.3. The fourth-order valence-corrected chi connectivity index (χ4v) is 2.52. The number of rotatable bonds is 2. The summed E-state index contributed by atoms with van der Waals surface area (Å²) in [6.45, 7) is 2.31. The van der Waals surface area contributed by atoms with Crippen molar-refractivity contribution in [3.8, 4) is 0 Å². The van der Waals surface area contributed by atoms with Crippen molar-refractivity contribution in [3.63, 3.8) is 0 Å². The Morgan fingerprint density at radius 1 is 1.31 bits per heavy atom. The molecule has 1 N–H and O–H groups in total. The fourth-order valence-electron chi connectivity index (χ4n) is 2.52. The van der Waals surface area contributed by atoms with Crippen molar-refractivity contribution in [1.82, 2.24) is 5.32 Å². The molecule has 16 heavy (non-hydrogen) atoms. The van der Waals surface area contributed by atoms with Gasteiger partial charge in [0.25, 0.3) is 0 Å². The summed E-state index contributed by atoms with van der Waals surface area (Å²) in [4.78, 5) is 0. The Morgan fingerprint density at radius 3 is 3.06 bits per heavy atom. The second-order valence-electron chi connectivity index (χ2n) is 4.67. The second kappa shape index (κ2) is 4.30. The van der Waals surface area contributed by atoms with Crippen molar-refractivity contribution in [1.29, 1.82) is 0 Å². The molecule has 84 valence electrons. The van der Waals surface area contributed by atoms with Gasteiger partial charge in [0.05, 0.1) is 0 Å². The highest BCUT2D eigenvalue weighted by Gasteiger charge is 2.15. The van der Waals surface area contributed by atoms with Crippen LogP contribution in [0.4, 0.5) is 0 Å². The lowest BCUT2D eigenvalue weighted by Crippen LogP contribution is -2.30. The average molecular weight is 215 g/mol. The third-order valence-corrected chi connectivity index (χ3v) is 3.37. The molecule has 0 bridgehead atoms. The molecule has 1 aliphatic heterocycles. The van der Waals surface area contributed by atoms with Gasteiger partial charge in [-0.15, -0.1) is 0 Å². The maximum Gasteiger partial charge on any atom is 0.134 e. The van der Waals surface area contributed by atoms with Crippen LogP contribution in [0.1, 0.15) is 18.6 Å². The monoisotopic (exact) mass is 215 g/mol. The quantitative estimate of drug-likeness (QED) is 0.833. The van der Waals surface area contributed by atoms with Gasteiger partial charge in [0.1, 0.15) is 11.3 Å². The average Bonchev–Trinajstić information content (AvgIpc) is 2.72. The molecule has 1 atom stereocenters. The summed E-state index contributed by atoms with van der Waals surface area (Å²) < 4.78 is 5.84. The predicted molar refractivity (Wildman–Crippen MR) is 65.5 cm³/mol. The first-order valence-corrected chi connectivity index (χ1v) is 6.10. The molecule has 3 rings (SSSR count). The van der Waals surface area contributed by atoms with Crippen molar-refractivity contribution in [2.75, 3.05) is 13.1 Å². The second-order valence-corrected chi connectivity index (χ2v) is 4.67. The molecule has 2 nitrogen and oxygen atoms in total. The molecule has 1 aliphatic rings. The van der Waals surface area contributed by atoms with E-state index < -0.39 is 0 Å². The van der Waals surface area contributed by atoms with Crippen LogP contribution in [0, 0.1) is 5.92 Å². The van der Waals surface area contributed by atoms with E-state index in [9.17, 15) is 0 Å². The highest BCUT2D eigenvalue weighted by molar-refractivity contribution is 5.77. The van der Waals surface area contributed by atoms with Crippen LogP contribution >= 0.6 is 0 Å². The Bertz CT molecular complexity index is 435. The van der Waals surface area contributed by atoms with E-state index in [0.29, 0.717) is 0 Å². The minimum absolute atomic E-state index is 0.745. The van der Waals surface area contributed by atoms with E-state index in [0.717, 1.165) is 30.2 Å². The Balaban J connectivity index is 1.78. The number of nitrogens with one attached hydrogen (secondary N) is 1. The Labute approximate surface area is 95.6 Å². The van der Waals surface area contributed by atoms with Crippen LogP contribution < -0.4 is 5.32 Å². The molecule has 2 heteroatoms. The Hall–Kier alpha value is -1.28. The lowest BCUT2D eigenvalue weighted by atomic mass is 9.95. The van der Waals surface area contributed by atoms with Crippen LogP contribution in [-0.4, -0.2) is 13.1 Å². The van der Waals surface area contributed by atoms with Crippen molar-refractivity contribution in [3.05, 3.63) is 36.1 Å². The molecule has 2 aromatic rings. The first kappa shape index (κ1) is 9.91. The van der Waals surface area contributed by atoms with Gasteiger partial charge in [0, 0.05) is 11.8 Å². The molecule has 1 saturated heterocycles. The van der Waals surface area contributed by atoms with Gasteiger partial charge >= 0.3 is 0 Å². The van der Waals surface area contributed by atoms with Gasteiger partial charge in [-0.25, -0.2) is 0 Å². The molecule has 0 radical (unpaired) electrons. The zero-order valence-electron chi connectivity index (χ0n) is 9.41. The highest BCUT2D eigenvalue weighted by Crippen LogP contribution is 2.23. The third kappa shape index (κ3) is 1.98. The largest absolute Gasteiger partial charge is 0.461 e. The normalized spacial score (nSPS) is 21.4. The summed E-state index contributed by atoms with van der Waals surface area (Å²) >= 11 is 0. The summed E-state index contributed by atoms with van der Waals surface area (Å²) in [5.41, 5.74) is 1.02. The van der Waals surface area contributed by atoms with Crippen molar-refractivity contribution < 1.29 is 4.42 Å². The van der Waals surface area contributed by atoms with Gasteiger partial charge in [-0.2, -0.15) is 0 Å². The first-order chi connectivity index (χ1) is 7.92. The van der Waals surface area contributed by atoms with Crippen molar-refractivity contribution in [2.45, 2.75) is 19.3 Å². The van der Waals surface area contributed by atoms with E-state index in [1.54, 1.807) is 0 Å². The van der Waals surface area contributed by atoms with Gasteiger partial charge in [-0.1, -0.05) is 18.2 Å². The molecule has 1 unspecified atom stereocenters. The van der Waals surface area contributed by atoms with Crippen LogP contribution in [0.2, 0.25) is 0 Å². The van der Waals surface area contributed by atoms with Crippen LogP contribution in [0.3, 0.4) is 0 Å². The Kier molecular flexibility index (Phi) is 2.66. The Morgan fingerprint density at radius 2 is 2.25 bits per heavy atom. The first-order valence-electron chi connectivity index (χ1n) is 6.10. The van der Waals surface area contributed by atoms with Crippen LogP contribution in [0.15, 0.2) is 34.7 Å². The van der Waals surface area contributed by atoms with Gasteiger partial charge in [0.15, 0.2) is 0 Å². The van der Waals surface area contributed by atoms with Gasteiger partial charge in [-0.05, 0) is 44.0 Å². The molecule has 1 aromatic carbocycles. The van der Waals surface area contributed by atoms with Crippen molar-refractivity contribution in [2.24, 2.45) is 5.92 Å². The standard InChI is InChI=1S/C14H17NO/c1-2-6-14-12(5-1)9-13(16-14)8-11-4-3-7-15-10-11/h1-2,5-6,9,11,15H,3-4,7-8,10H2. The smallest absolute Gasteiger partial charge is 0.134 e. The minimum atomic E-state index is 0.745. The topological polar surface area (TPSA) is 25.2 Å². The lowest BCUT2D eigenvalue weighted by Gasteiger charge is -2.21. The zero-order chi connectivity index (χ0) is 10.8. The molecular weight excluding hydrogens is 198 g/mol. The predicted octanol–water partition coefficient (Wildman–Crippen LogP) is 2.97. The van der Waals surface area contributed by atoms with Crippen molar-refractivity contribution >= 4 is 11.0 Å². The van der Waals surface area contributed by atoms with E-state index in [4.69, 9.17) is 4.42 Å². The van der Waals surface area contributed by atoms with E-state index in [1.807, 2.05) is 12.1 Å². The number of para-hydroxylation sites is 1. The number of hydrogen-bond donors (Lipinski definition) is 1. The van der Waals surface area contributed by atoms with Crippen LogP contribution in [-0.2, 0) is 6.42 Å². The lowest BCUT2D eigenvalue weighted by molar-refractivity contribution is 0.355. The fraction of sp³-hybridized carbons (Fsp3) is 0.429. The van der Waals surface area contributed by atoms with Gasteiger partial charge in [0.2, 0.25) is 0 Å². The molecule has 1 fully saturated rings. The van der Waals surface area contributed by atoms with E-state index in [1.165, 1.54) is 24.8 Å². The number of fused-ring (bicyclic) bond motifs is 1. The zero-order valence-corrected chi connectivity index (χ0v) is 9.41. The molecule has 0 saturated carbocycles. The van der Waals surface area contributed by atoms with Gasteiger partial charge in [-0.3, -0.25) is 0 Å². The molecule has 0 amide bonds. The number of benzene rings is 1. The molecule has 0 aliphatic carbocycles. The number of hydrogen-bond acceptors (Lipinski definition) is 2. The SMILES string of the molecule is c1ccc2oc(CC3CCCNC3)cc2c1. The summed E-state index contributed by atoms with van der Waals surface area (Å²) in [5.74, 6) is 1.88. The number of furan rings is 1. The van der Waals surface area contributed by atoms with E-state index in [2.05, 4.69) is 23.5 Å². The molecular formula is C14H17NO. The maximum atomic E-state index is 5.84. The maximum absolute atomic E-state index is 5.84. The molecule has 0 spiro atoms. The summed E-state index contributed by atoms with van der Waals surface area (Å²) in [7, 11) is 0. The van der Waals surface area contributed by atoms with E-state index >= 15 is 0 Å². The summed E-state index contributed by atoms with van der Waals surface area (Å²) in [6.07, 6.45) is 3.69. The van der Waals surface area contributed by atoms with Crippen LogP contribution in [0.25, 0.3) is 11.0 Å². The summed E-state index contributed by atoms with van der Waals surface area (Å²) in [6, 6.07) is 10.4.